The average Bonchev–Trinajstić information content (AvgIpc) is 2.59. The Morgan fingerprint density at radius 1 is 1.42 bits per heavy atom. The van der Waals surface area contributed by atoms with Gasteiger partial charge in [0.25, 0.3) is 0 Å². The Balaban J connectivity index is 2.36. The van der Waals surface area contributed by atoms with E-state index in [1.807, 2.05) is 18.2 Å². The Hall–Kier alpha value is -1.35. The van der Waals surface area contributed by atoms with Crippen LogP contribution in [0.25, 0.3) is 0 Å². The van der Waals surface area contributed by atoms with E-state index in [-0.39, 0.29) is 29.0 Å². The van der Waals surface area contributed by atoms with Crippen LogP contribution in [-0.4, -0.2) is 23.6 Å². The van der Waals surface area contributed by atoms with Crippen molar-refractivity contribution in [3.8, 4) is 0 Å². The number of Topliss-reactive ketones (excluding diaryl/α,β-unsaturated/α-hetero) is 1. The summed E-state index contributed by atoms with van der Waals surface area (Å²) in [5.41, 5.74) is 2.84. The van der Waals surface area contributed by atoms with Crippen molar-refractivity contribution in [1.29, 1.82) is 0 Å². The van der Waals surface area contributed by atoms with Crippen LogP contribution >= 0.6 is 11.6 Å². The van der Waals surface area contributed by atoms with Crippen LogP contribution in [0.1, 0.15) is 42.3 Å². The molecule has 0 aromatic heterocycles. The van der Waals surface area contributed by atoms with Gasteiger partial charge in [0.05, 0.1) is 5.88 Å². The van der Waals surface area contributed by atoms with E-state index in [1.165, 1.54) is 12.5 Å². The van der Waals surface area contributed by atoms with E-state index < -0.39 is 0 Å². The number of hydrogen-bond acceptors (Lipinski definition) is 2. The number of carbonyl (C=O) groups excluding carboxylic acids is 2. The maximum absolute atomic E-state index is 11.6. The monoisotopic (exact) mass is 279 g/mol. The molecule has 1 unspecified atom stereocenters. The fourth-order valence-electron chi connectivity index (χ4n) is 2.78. The molecule has 0 saturated carbocycles. The summed E-state index contributed by atoms with van der Waals surface area (Å²) in [5, 5.41) is 2.99. The molecule has 0 fully saturated rings. The number of hydrogen-bond donors (Lipinski definition) is 1. The highest BCUT2D eigenvalue weighted by molar-refractivity contribution is 6.30. The summed E-state index contributed by atoms with van der Waals surface area (Å²) in [6.45, 7) is 5.76. The van der Waals surface area contributed by atoms with Crippen LogP contribution in [0.3, 0.4) is 0 Å². The van der Waals surface area contributed by atoms with Gasteiger partial charge in [-0.1, -0.05) is 26.0 Å². The van der Waals surface area contributed by atoms with E-state index in [2.05, 4.69) is 19.2 Å². The first-order valence-corrected chi connectivity index (χ1v) is 6.89. The van der Waals surface area contributed by atoms with Gasteiger partial charge in [-0.05, 0) is 23.6 Å². The van der Waals surface area contributed by atoms with Crippen molar-refractivity contribution in [3.05, 3.63) is 34.9 Å². The number of halogens is 1. The molecule has 0 saturated heterocycles. The Labute approximate surface area is 118 Å². The third-order valence-electron chi connectivity index (χ3n) is 3.92. The Kier molecular flexibility index (Phi) is 3.68. The van der Waals surface area contributed by atoms with Crippen LogP contribution in [0.15, 0.2) is 18.2 Å². The Morgan fingerprint density at radius 2 is 2.11 bits per heavy atom. The molecule has 0 heterocycles. The highest BCUT2D eigenvalue weighted by Crippen LogP contribution is 2.39. The lowest BCUT2D eigenvalue weighted by Gasteiger charge is -2.28. The molecule has 4 heteroatoms. The van der Waals surface area contributed by atoms with E-state index in [4.69, 9.17) is 11.6 Å². The van der Waals surface area contributed by atoms with Gasteiger partial charge in [0, 0.05) is 23.9 Å². The predicted octanol–water partition coefficient (Wildman–Crippen LogP) is 2.45. The first-order chi connectivity index (χ1) is 8.86. The van der Waals surface area contributed by atoms with E-state index >= 15 is 0 Å². The Bertz CT molecular complexity index is 537. The number of nitrogens with one attached hydrogen (secondary N) is 1. The number of fused-ring (bicyclic) bond motifs is 1. The highest BCUT2D eigenvalue weighted by Gasteiger charge is 2.39. The zero-order chi connectivity index (χ0) is 14.2. The molecule has 1 aromatic rings. The minimum Gasteiger partial charge on any atom is -0.352 e. The summed E-state index contributed by atoms with van der Waals surface area (Å²) in [5.74, 6) is -0.0923. The van der Waals surface area contributed by atoms with Crippen LogP contribution in [-0.2, 0) is 16.6 Å². The maximum Gasteiger partial charge on any atom is 0.217 e. The second-order valence-corrected chi connectivity index (χ2v) is 5.87. The summed E-state index contributed by atoms with van der Waals surface area (Å²) in [6, 6.07) is 5.78. The first-order valence-electron chi connectivity index (χ1n) is 6.36. The van der Waals surface area contributed by atoms with Crippen LogP contribution in [0, 0.1) is 0 Å². The van der Waals surface area contributed by atoms with Crippen LogP contribution < -0.4 is 5.32 Å². The van der Waals surface area contributed by atoms with Gasteiger partial charge in [-0.25, -0.2) is 0 Å². The second kappa shape index (κ2) is 4.97. The number of rotatable bonds is 3. The van der Waals surface area contributed by atoms with E-state index in [1.54, 1.807) is 0 Å². The lowest BCUT2D eigenvalue weighted by molar-refractivity contribution is -0.120. The van der Waals surface area contributed by atoms with Gasteiger partial charge in [-0.3, -0.25) is 9.59 Å². The van der Waals surface area contributed by atoms with Crippen molar-refractivity contribution in [2.75, 3.05) is 5.88 Å². The number of ketones is 1. The molecule has 0 spiro atoms. The van der Waals surface area contributed by atoms with E-state index in [0.717, 1.165) is 12.0 Å². The fraction of sp³-hybridized carbons (Fsp3) is 0.467. The first kappa shape index (κ1) is 14.1. The van der Waals surface area contributed by atoms with E-state index in [9.17, 15) is 9.59 Å². The molecule has 3 nitrogen and oxygen atoms in total. The normalized spacial score (nSPS) is 19.9. The molecule has 1 atom stereocenters. The summed E-state index contributed by atoms with van der Waals surface area (Å²) in [6.07, 6.45) is 0.755. The molecule has 1 N–H and O–H groups in total. The molecule has 102 valence electrons. The summed E-state index contributed by atoms with van der Waals surface area (Å²) in [4.78, 5) is 22.9. The number of alkyl halides is 1. The largest absolute Gasteiger partial charge is 0.352 e. The average molecular weight is 280 g/mol. The summed E-state index contributed by atoms with van der Waals surface area (Å²) >= 11 is 5.58. The van der Waals surface area contributed by atoms with Crippen molar-refractivity contribution < 1.29 is 9.59 Å². The standard InChI is InChI=1S/C15H18ClNO2/c1-9(18)17-14-7-11-6-10(13(19)8-16)4-5-12(11)15(14,2)3/h4-6,14H,7-8H2,1-3H3,(H,17,18). The zero-order valence-electron chi connectivity index (χ0n) is 11.4. The molecule has 0 radical (unpaired) electrons. The second-order valence-electron chi connectivity index (χ2n) is 5.61. The predicted molar refractivity (Wildman–Crippen MR) is 75.8 cm³/mol. The number of carbonyl (C=O) groups is 2. The van der Waals surface area contributed by atoms with Gasteiger partial charge < -0.3 is 5.32 Å². The fourth-order valence-corrected chi connectivity index (χ4v) is 2.94. The molecular weight excluding hydrogens is 262 g/mol. The molecular formula is C15H18ClNO2. The third-order valence-corrected chi connectivity index (χ3v) is 4.16. The highest BCUT2D eigenvalue weighted by atomic mass is 35.5. The smallest absolute Gasteiger partial charge is 0.217 e. The van der Waals surface area contributed by atoms with Crippen molar-refractivity contribution in [2.24, 2.45) is 0 Å². The van der Waals surface area contributed by atoms with Gasteiger partial charge in [-0.2, -0.15) is 0 Å². The molecule has 2 rings (SSSR count). The molecule has 1 aromatic carbocycles. The molecule has 1 aliphatic rings. The molecule has 1 amide bonds. The van der Waals surface area contributed by atoms with Crippen LogP contribution in [0.4, 0.5) is 0 Å². The lowest BCUT2D eigenvalue weighted by atomic mass is 9.82. The minimum absolute atomic E-state index is 0.00267. The van der Waals surface area contributed by atoms with Crippen molar-refractivity contribution >= 4 is 23.3 Å². The van der Waals surface area contributed by atoms with Crippen LogP contribution in [0.5, 0.6) is 0 Å². The van der Waals surface area contributed by atoms with Gasteiger partial charge in [0.1, 0.15) is 0 Å². The zero-order valence-corrected chi connectivity index (χ0v) is 12.2. The third kappa shape index (κ3) is 2.52. The number of amides is 1. The minimum atomic E-state index is -0.121. The maximum atomic E-state index is 11.6. The van der Waals surface area contributed by atoms with Gasteiger partial charge >= 0.3 is 0 Å². The lowest BCUT2D eigenvalue weighted by Crippen LogP contribution is -2.44. The quantitative estimate of drug-likeness (QED) is 0.682. The topological polar surface area (TPSA) is 46.2 Å². The van der Waals surface area contributed by atoms with E-state index in [0.29, 0.717) is 5.56 Å². The van der Waals surface area contributed by atoms with Gasteiger partial charge in [0.15, 0.2) is 5.78 Å². The summed E-state index contributed by atoms with van der Waals surface area (Å²) in [7, 11) is 0. The molecule has 0 bridgehead atoms. The van der Waals surface area contributed by atoms with Gasteiger partial charge in [0.2, 0.25) is 5.91 Å². The SMILES string of the molecule is CC(=O)NC1Cc2cc(C(=O)CCl)ccc2C1(C)C. The molecule has 19 heavy (non-hydrogen) atoms. The molecule has 1 aliphatic carbocycles. The van der Waals surface area contributed by atoms with Crippen LogP contribution in [0.2, 0.25) is 0 Å². The van der Waals surface area contributed by atoms with Crippen molar-refractivity contribution in [2.45, 2.75) is 38.6 Å². The van der Waals surface area contributed by atoms with Crippen molar-refractivity contribution in [1.82, 2.24) is 5.32 Å². The van der Waals surface area contributed by atoms with Gasteiger partial charge in [-0.15, -0.1) is 11.6 Å². The summed E-state index contributed by atoms with van der Waals surface area (Å²) < 4.78 is 0. The van der Waals surface area contributed by atoms with Crippen molar-refractivity contribution in [3.63, 3.8) is 0 Å². The Morgan fingerprint density at radius 3 is 2.68 bits per heavy atom. The number of benzene rings is 1. The molecule has 0 aliphatic heterocycles.